The van der Waals surface area contributed by atoms with Crippen molar-refractivity contribution >= 4 is 17.3 Å². The Hall–Kier alpha value is -0.870. The number of aryl methyl sites for hydroxylation is 1. The van der Waals surface area contributed by atoms with Crippen LogP contribution in [0.3, 0.4) is 0 Å². The molecule has 3 nitrogen and oxygen atoms in total. The molecule has 1 aliphatic carbocycles. The minimum atomic E-state index is -0.846. The lowest BCUT2D eigenvalue weighted by Gasteiger charge is -2.21. The van der Waals surface area contributed by atoms with Crippen LogP contribution in [0.15, 0.2) is 6.07 Å². The molecular weight excluding hydrogens is 248 g/mol. The highest BCUT2D eigenvalue weighted by Gasteiger charge is 2.15. The van der Waals surface area contributed by atoms with Crippen LogP contribution in [0.4, 0.5) is 0 Å². The van der Waals surface area contributed by atoms with Gasteiger partial charge in [-0.1, -0.05) is 19.3 Å². The second-order valence-electron chi connectivity index (χ2n) is 5.02. The van der Waals surface area contributed by atoms with Crippen LogP contribution in [0.25, 0.3) is 0 Å². The van der Waals surface area contributed by atoms with E-state index >= 15 is 0 Å². The normalized spacial score (nSPS) is 16.9. The Morgan fingerprint density at radius 1 is 1.44 bits per heavy atom. The molecule has 1 aromatic rings. The molecule has 0 saturated heterocycles. The number of carboxylic acid groups (broad SMARTS) is 1. The Balaban J connectivity index is 1.80. The molecule has 18 heavy (non-hydrogen) atoms. The van der Waals surface area contributed by atoms with Crippen molar-refractivity contribution in [2.75, 3.05) is 6.61 Å². The van der Waals surface area contributed by atoms with Crippen molar-refractivity contribution in [3.63, 3.8) is 0 Å². The van der Waals surface area contributed by atoms with Crippen LogP contribution in [0.5, 0.6) is 0 Å². The van der Waals surface area contributed by atoms with Gasteiger partial charge in [0.2, 0.25) is 0 Å². The minimum Gasteiger partial charge on any atom is -0.477 e. The van der Waals surface area contributed by atoms with Crippen LogP contribution in [-0.2, 0) is 11.3 Å². The summed E-state index contributed by atoms with van der Waals surface area (Å²) in [4.78, 5) is 12.3. The van der Waals surface area contributed by atoms with Gasteiger partial charge in [-0.2, -0.15) is 0 Å². The van der Waals surface area contributed by atoms with Gasteiger partial charge in [-0.25, -0.2) is 4.79 Å². The molecule has 0 aliphatic heterocycles. The maximum absolute atomic E-state index is 10.9. The van der Waals surface area contributed by atoms with E-state index in [-0.39, 0.29) is 0 Å². The Kier molecular flexibility index (Phi) is 4.78. The maximum atomic E-state index is 10.9. The molecule has 100 valence electrons. The summed E-state index contributed by atoms with van der Waals surface area (Å²) in [5.74, 6) is -0.140. The summed E-state index contributed by atoms with van der Waals surface area (Å²) in [6, 6.07) is 1.74. The van der Waals surface area contributed by atoms with E-state index in [1.165, 1.54) is 43.4 Å². The highest BCUT2D eigenvalue weighted by molar-refractivity contribution is 7.14. The van der Waals surface area contributed by atoms with Gasteiger partial charge in [0.15, 0.2) is 0 Å². The number of carbonyl (C=O) groups is 1. The first kappa shape index (κ1) is 13.6. The lowest BCUT2D eigenvalue weighted by atomic mass is 9.90. The molecule has 0 spiro atoms. The van der Waals surface area contributed by atoms with Gasteiger partial charge in [0, 0.05) is 11.5 Å². The van der Waals surface area contributed by atoms with Crippen molar-refractivity contribution in [2.24, 2.45) is 5.92 Å². The van der Waals surface area contributed by atoms with Crippen molar-refractivity contribution in [3.8, 4) is 0 Å². The number of hydrogen-bond acceptors (Lipinski definition) is 3. The fraction of sp³-hybridized carbons (Fsp3) is 0.643. The zero-order valence-corrected chi connectivity index (χ0v) is 11.6. The van der Waals surface area contributed by atoms with E-state index in [1.807, 2.05) is 6.92 Å². The first-order valence-corrected chi connectivity index (χ1v) is 7.39. The first-order chi connectivity index (χ1) is 8.66. The van der Waals surface area contributed by atoms with Crippen LogP contribution in [0.2, 0.25) is 0 Å². The minimum absolute atomic E-state index is 0.406. The number of carboxylic acids is 1. The van der Waals surface area contributed by atoms with E-state index < -0.39 is 5.97 Å². The number of aromatic carboxylic acids is 1. The fourth-order valence-corrected chi connectivity index (χ4v) is 3.33. The maximum Gasteiger partial charge on any atom is 0.345 e. The molecule has 1 aromatic heterocycles. The third-order valence-electron chi connectivity index (χ3n) is 3.57. The molecule has 0 unspecified atom stereocenters. The van der Waals surface area contributed by atoms with Crippen LogP contribution < -0.4 is 0 Å². The van der Waals surface area contributed by atoms with Gasteiger partial charge in [-0.15, -0.1) is 11.3 Å². The Morgan fingerprint density at radius 3 is 2.78 bits per heavy atom. The largest absolute Gasteiger partial charge is 0.477 e. The predicted octanol–water partition coefficient (Wildman–Crippen LogP) is 3.85. The second kappa shape index (κ2) is 6.34. The number of rotatable bonds is 5. The molecule has 1 heterocycles. The van der Waals surface area contributed by atoms with Gasteiger partial charge in [0.05, 0.1) is 6.61 Å². The molecule has 1 N–H and O–H groups in total. The molecule has 0 bridgehead atoms. The Bertz CT molecular complexity index is 405. The first-order valence-electron chi connectivity index (χ1n) is 6.57. The van der Waals surface area contributed by atoms with Crippen molar-refractivity contribution in [1.29, 1.82) is 0 Å². The fourth-order valence-electron chi connectivity index (χ4n) is 2.46. The van der Waals surface area contributed by atoms with Gasteiger partial charge in [0.25, 0.3) is 0 Å². The molecule has 0 atom stereocenters. The molecular formula is C14H20O3S. The number of ether oxygens (including phenoxy) is 1. The molecule has 1 saturated carbocycles. The van der Waals surface area contributed by atoms with Gasteiger partial charge in [-0.05, 0) is 37.3 Å². The highest BCUT2D eigenvalue weighted by atomic mass is 32.1. The summed E-state index contributed by atoms with van der Waals surface area (Å²) in [6.45, 7) is 3.32. The van der Waals surface area contributed by atoms with E-state index in [4.69, 9.17) is 9.84 Å². The number of thiophene rings is 1. The van der Waals surface area contributed by atoms with E-state index in [2.05, 4.69) is 0 Å². The Labute approximate surface area is 112 Å². The standard InChI is InChI=1S/C14H20O3S/c1-10-12(7-13(18-10)14(15)16)9-17-8-11-5-3-2-4-6-11/h7,11H,2-6,8-9H2,1H3,(H,15,16). The van der Waals surface area contributed by atoms with E-state index in [0.717, 1.165) is 17.0 Å². The van der Waals surface area contributed by atoms with Crippen LogP contribution in [0.1, 0.15) is 52.2 Å². The summed E-state index contributed by atoms with van der Waals surface area (Å²) in [5, 5.41) is 8.92. The molecule has 0 radical (unpaired) electrons. The smallest absolute Gasteiger partial charge is 0.345 e. The zero-order chi connectivity index (χ0) is 13.0. The summed E-state index contributed by atoms with van der Waals surface area (Å²) >= 11 is 1.33. The van der Waals surface area contributed by atoms with Crippen LogP contribution in [-0.4, -0.2) is 17.7 Å². The molecule has 0 amide bonds. The van der Waals surface area contributed by atoms with Crippen molar-refractivity contribution in [3.05, 3.63) is 21.4 Å². The van der Waals surface area contributed by atoms with E-state index in [0.29, 0.717) is 17.4 Å². The molecule has 1 fully saturated rings. The molecule has 0 aromatic carbocycles. The molecule has 1 aliphatic rings. The SMILES string of the molecule is Cc1sc(C(=O)O)cc1COCC1CCCCC1. The van der Waals surface area contributed by atoms with E-state index in [9.17, 15) is 4.79 Å². The van der Waals surface area contributed by atoms with E-state index in [1.54, 1.807) is 6.07 Å². The van der Waals surface area contributed by atoms with Crippen molar-refractivity contribution in [1.82, 2.24) is 0 Å². The highest BCUT2D eigenvalue weighted by Crippen LogP contribution is 2.25. The third kappa shape index (κ3) is 3.56. The van der Waals surface area contributed by atoms with Crippen molar-refractivity contribution < 1.29 is 14.6 Å². The summed E-state index contributed by atoms with van der Waals surface area (Å²) in [5.41, 5.74) is 1.02. The second-order valence-corrected chi connectivity index (χ2v) is 6.27. The van der Waals surface area contributed by atoms with Crippen molar-refractivity contribution in [2.45, 2.75) is 45.6 Å². The summed E-state index contributed by atoms with van der Waals surface area (Å²) in [6.07, 6.45) is 6.58. The number of hydrogen-bond donors (Lipinski definition) is 1. The van der Waals surface area contributed by atoms with Crippen LogP contribution >= 0.6 is 11.3 Å². The predicted molar refractivity (Wildman–Crippen MR) is 72.2 cm³/mol. The van der Waals surface area contributed by atoms with Gasteiger partial charge < -0.3 is 9.84 Å². The molecule has 4 heteroatoms. The third-order valence-corrected chi connectivity index (χ3v) is 4.65. The topological polar surface area (TPSA) is 46.5 Å². The average Bonchev–Trinajstić information content (AvgIpc) is 2.73. The Morgan fingerprint density at radius 2 is 2.17 bits per heavy atom. The average molecular weight is 268 g/mol. The van der Waals surface area contributed by atoms with Crippen LogP contribution in [0, 0.1) is 12.8 Å². The lowest BCUT2D eigenvalue weighted by Crippen LogP contribution is -2.13. The zero-order valence-electron chi connectivity index (χ0n) is 10.8. The quantitative estimate of drug-likeness (QED) is 0.882. The van der Waals surface area contributed by atoms with Gasteiger partial charge in [0.1, 0.15) is 4.88 Å². The lowest BCUT2D eigenvalue weighted by molar-refractivity contribution is 0.0699. The summed E-state index contributed by atoms with van der Waals surface area (Å²) < 4.78 is 5.75. The molecule has 2 rings (SSSR count). The summed E-state index contributed by atoms with van der Waals surface area (Å²) in [7, 11) is 0. The van der Waals surface area contributed by atoms with Gasteiger partial charge in [-0.3, -0.25) is 0 Å². The van der Waals surface area contributed by atoms with Gasteiger partial charge >= 0.3 is 5.97 Å². The monoisotopic (exact) mass is 268 g/mol.